The first-order valence-corrected chi connectivity index (χ1v) is 8.97. The van der Waals surface area contributed by atoms with Gasteiger partial charge in [0.25, 0.3) is 0 Å². The molecule has 0 saturated carbocycles. The Kier molecular flexibility index (Phi) is 4.56. The smallest absolute Gasteiger partial charge is 0.410 e. The van der Waals surface area contributed by atoms with E-state index in [1.165, 1.54) is 0 Å². The molecule has 6 nitrogen and oxygen atoms in total. The molecule has 1 aliphatic rings. The van der Waals surface area contributed by atoms with Crippen LogP contribution >= 0.6 is 0 Å². The summed E-state index contributed by atoms with van der Waals surface area (Å²) < 4.78 is 7.28. The number of rotatable bonds is 3. The number of benzene rings is 1. The summed E-state index contributed by atoms with van der Waals surface area (Å²) in [7, 11) is 0. The van der Waals surface area contributed by atoms with Gasteiger partial charge in [0.2, 0.25) is 0 Å². The molecule has 0 aliphatic carbocycles. The van der Waals surface area contributed by atoms with E-state index in [-0.39, 0.29) is 6.09 Å². The van der Waals surface area contributed by atoms with E-state index in [4.69, 9.17) is 9.72 Å². The molecular formula is C20H22N4O2. The summed E-state index contributed by atoms with van der Waals surface area (Å²) in [5.74, 6) is 0.367. The maximum atomic E-state index is 12.3. The van der Waals surface area contributed by atoms with Gasteiger partial charge in [-0.2, -0.15) is 5.10 Å². The molecule has 1 fully saturated rings. The van der Waals surface area contributed by atoms with Crippen molar-refractivity contribution in [2.24, 2.45) is 0 Å². The number of likely N-dealkylation sites (tertiary alicyclic amines) is 1. The molecule has 0 bridgehead atoms. The maximum Gasteiger partial charge on any atom is 0.410 e. The van der Waals surface area contributed by atoms with Gasteiger partial charge in [0.1, 0.15) is 6.61 Å². The van der Waals surface area contributed by atoms with E-state index in [1.807, 2.05) is 47.8 Å². The number of ether oxygens (including phenoxy) is 1. The standard InChI is InChI=1S/C20H22N4O2/c1-15-13-18(22-19-7-10-21-24(15)19)17-8-11-23(12-9-17)20(25)26-14-16-5-3-2-4-6-16/h2-7,10,13,17H,8-9,11-12,14H2,1H3. The molecule has 6 heteroatoms. The summed E-state index contributed by atoms with van der Waals surface area (Å²) in [6.45, 7) is 3.76. The van der Waals surface area contributed by atoms with Crippen LogP contribution in [-0.4, -0.2) is 38.7 Å². The number of fused-ring (bicyclic) bond motifs is 1. The first-order chi connectivity index (χ1) is 12.7. The Labute approximate surface area is 152 Å². The lowest BCUT2D eigenvalue weighted by atomic mass is 9.93. The van der Waals surface area contributed by atoms with E-state index in [1.54, 1.807) is 11.1 Å². The summed E-state index contributed by atoms with van der Waals surface area (Å²) in [6, 6.07) is 13.8. The Bertz CT molecular complexity index is 899. The van der Waals surface area contributed by atoms with Gasteiger partial charge in [-0.05, 0) is 31.4 Å². The van der Waals surface area contributed by atoms with Gasteiger partial charge < -0.3 is 9.64 Å². The van der Waals surface area contributed by atoms with E-state index >= 15 is 0 Å². The largest absolute Gasteiger partial charge is 0.445 e. The molecule has 3 heterocycles. The van der Waals surface area contributed by atoms with Crippen LogP contribution < -0.4 is 0 Å². The monoisotopic (exact) mass is 350 g/mol. The number of aryl methyl sites for hydroxylation is 1. The van der Waals surface area contributed by atoms with Crippen LogP contribution in [0, 0.1) is 6.92 Å². The third kappa shape index (κ3) is 3.40. The van der Waals surface area contributed by atoms with Gasteiger partial charge >= 0.3 is 6.09 Å². The number of carbonyl (C=O) groups excluding carboxylic acids is 1. The number of aromatic nitrogens is 3. The first-order valence-electron chi connectivity index (χ1n) is 8.97. The van der Waals surface area contributed by atoms with Crippen LogP contribution in [-0.2, 0) is 11.3 Å². The lowest BCUT2D eigenvalue weighted by Gasteiger charge is -2.31. The molecule has 134 valence electrons. The minimum absolute atomic E-state index is 0.234. The molecule has 26 heavy (non-hydrogen) atoms. The predicted octanol–water partition coefficient (Wildman–Crippen LogP) is 3.55. The quantitative estimate of drug-likeness (QED) is 0.725. The lowest BCUT2D eigenvalue weighted by molar-refractivity contribution is 0.0868. The molecule has 0 N–H and O–H groups in total. The zero-order chi connectivity index (χ0) is 17.9. The fraction of sp³-hybridized carbons (Fsp3) is 0.350. The van der Waals surface area contributed by atoms with Gasteiger partial charge in [0.05, 0.1) is 6.20 Å². The Morgan fingerprint density at radius 1 is 1.19 bits per heavy atom. The van der Waals surface area contributed by atoms with Crippen molar-refractivity contribution in [1.29, 1.82) is 0 Å². The molecular weight excluding hydrogens is 328 g/mol. The van der Waals surface area contributed by atoms with Gasteiger partial charge in [-0.3, -0.25) is 0 Å². The van der Waals surface area contributed by atoms with Crippen LogP contribution in [0.1, 0.15) is 35.7 Å². The second-order valence-corrected chi connectivity index (χ2v) is 6.73. The highest BCUT2D eigenvalue weighted by atomic mass is 16.6. The number of carbonyl (C=O) groups is 1. The van der Waals surface area contributed by atoms with E-state index in [0.29, 0.717) is 25.6 Å². The van der Waals surface area contributed by atoms with E-state index in [0.717, 1.165) is 35.4 Å². The minimum Gasteiger partial charge on any atom is -0.445 e. The topological polar surface area (TPSA) is 59.7 Å². The number of hydrogen-bond donors (Lipinski definition) is 0. The van der Waals surface area contributed by atoms with E-state index < -0.39 is 0 Å². The number of piperidine rings is 1. The van der Waals surface area contributed by atoms with Crippen LogP contribution in [0.5, 0.6) is 0 Å². The zero-order valence-electron chi connectivity index (χ0n) is 14.8. The van der Waals surface area contributed by atoms with Crippen molar-refractivity contribution in [3.8, 4) is 0 Å². The minimum atomic E-state index is -0.234. The fourth-order valence-corrected chi connectivity index (χ4v) is 3.47. The Morgan fingerprint density at radius 2 is 1.96 bits per heavy atom. The second-order valence-electron chi connectivity index (χ2n) is 6.73. The van der Waals surface area contributed by atoms with Crippen molar-refractivity contribution < 1.29 is 9.53 Å². The molecule has 4 rings (SSSR count). The van der Waals surface area contributed by atoms with Crippen molar-refractivity contribution in [3.63, 3.8) is 0 Å². The molecule has 0 atom stereocenters. The number of amides is 1. The molecule has 1 aromatic carbocycles. The van der Waals surface area contributed by atoms with Crippen molar-refractivity contribution >= 4 is 11.7 Å². The van der Waals surface area contributed by atoms with Crippen LogP contribution in [0.25, 0.3) is 5.65 Å². The van der Waals surface area contributed by atoms with Gasteiger partial charge in [-0.1, -0.05) is 30.3 Å². The molecule has 2 aromatic heterocycles. The fourth-order valence-electron chi connectivity index (χ4n) is 3.47. The number of hydrogen-bond acceptors (Lipinski definition) is 4. The van der Waals surface area contributed by atoms with Gasteiger partial charge in [0.15, 0.2) is 5.65 Å². The van der Waals surface area contributed by atoms with Crippen LogP contribution in [0.3, 0.4) is 0 Å². The predicted molar refractivity (Wildman–Crippen MR) is 97.9 cm³/mol. The van der Waals surface area contributed by atoms with Crippen molar-refractivity contribution in [3.05, 3.63) is 65.6 Å². The molecule has 1 saturated heterocycles. The molecule has 1 amide bonds. The summed E-state index contributed by atoms with van der Waals surface area (Å²) in [4.78, 5) is 18.8. The van der Waals surface area contributed by atoms with Crippen LogP contribution in [0.2, 0.25) is 0 Å². The Hall–Kier alpha value is -2.89. The van der Waals surface area contributed by atoms with Crippen LogP contribution in [0.4, 0.5) is 4.79 Å². The SMILES string of the molecule is Cc1cc(C2CCN(C(=O)OCc3ccccc3)CC2)nc2ccnn12. The van der Waals surface area contributed by atoms with E-state index in [2.05, 4.69) is 11.2 Å². The average Bonchev–Trinajstić information content (AvgIpc) is 3.16. The Morgan fingerprint density at radius 3 is 2.73 bits per heavy atom. The highest BCUT2D eigenvalue weighted by Crippen LogP contribution is 2.28. The molecule has 0 radical (unpaired) electrons. The van der Waals surface area contributed by atoms with Crippen molar-refractivity contribution in [2.45, 2.75) is 32.3 Å². The summed E-state index contributed by atoms with van der Waals surface area (Å²) in [5, 5.41) is 4.27. The number of nitrogens with zero attached hydrogens (tertiary/aromatic N) is 4. The third-order valence-corrected chi connectivity index (χ3v) is 4.93. The maximum absolute atomic E-state index is 12.3. The van der Waals surface area contributed by atoms with Gasteiger partial charge in [-0.15, -0.1) is 0 Å². The highest BCUT2D eigenvalue weighted by Gasteiger charge is 2.26. The normalized spacial score (nSPS) is 15.3. The van der Waals surface area contributed by atoms with Crippen molar-refractivity contribution in [1.82, 2.24) is 19.5 Å². The summed E-state index contributed by atoms with van der Waals surface area (Å²) in [6.07, 6.45) is 3.33. The third-order valence-electron chi connectivity index (χ3n) is 4.93. The average molecular weight is 350 g/mol. The molecule has 1 aliphatic heterocycles. The van der Waals surface area contributed by atoms with Crippen molar-refractivity contribution in [2.75, 3.05) is 13.1 Å². The van der Waals surface area contributed by atoms with E-state index in [9.17, 15) is 4.79 Å². The van der Waals surface area contributed by atoms with Gasteiger partial charge in [0, 0.05) is 36.5 Å². The molecule has 0 unspecified atom stereocenters. The van der Waals surface area contributed by atoms with Gasteiger partial charge in [-0.25, -0.2) is 14.3 Å². The lowest BCUT2D eigenvalue weighted by Crippen LogP contribution is -2.38. The first kappa shape index (κ1) is 16.6. The molecule has 3 aromatic rings. The second kappa shape index (κ2) is 7.15. The van der Waals surface area contributed by atoms with Crippen LogP contribution in [0.15, 0.2) is 48.7 Å². The summed E-state index contributed by atoms with van der Waals surface area (Å²) >= 11 is 0. The highest BCUT2D eigenvalue weighted by molar-refractivity contribution is 5.67. The summed E-state index contributed by atoms with van der Waals surface area (Å²) in [5.41, 5.74) is 4.06. The molecule has 0 spiro atoms. The zero-order valence-corrected chi connectivity index (χ0v) is 14.8. The Balaban J connectivity index is 1.35.